The van der Waals surface area contributed by atoms with E-state index in [4.69, 9.17) is 0 Å². The number of carbonyl (C=O) groups is 1. The van der Waals surface area contributed by atoms with Crippen LogP contribution in [-0.2, 0) is 12.8 Å². The van der Waals surface area contributed by atoms with Crippen molar-refractivity contribution in [1.82, 2.24) is 15.2 Å². The quantitative estimate of drug-likeness (QED) is 0.871. The normalized spacial score (nSPS) is 18.0. The number of carbonyl (C=O) groups excluding carboxylic acids is 1. The van der Waals surface area contributed by atoms with E-state index in [1.54, 1.807) is 0 Å². The van der Waals surface area contributed by atoms with E-state index in [-0.39, 0.29) is 23.9 Å². The van der Waals surface area contributed by atoms with Crippen molar-refractivity contribution in [1.29, 1.82) is 0 Å². The minimum atomic E-state index is -0.217. The van der Waals surface area contributed by atoms with Crippen LogP contribution in [0.15, 0.2) is 10.9 Å². The highest BCUT2D eigenvalue weighted by molar-refractivity contribution is 5.94. The van der Waals surface area contributed by atoms with Gasteiger partial charge in [-0.25, -0.2) is 0 Å². The van der Waals surface area contributed by atoms with Crippen LogP contribution >= 0.6 is 12.4 Å². The predicted molar refractivity (Wildman–Crippen MR) is 98.1 cm³/mol. The first-order valence-electron chi connectivity index (χ1n) is 8.94. The fourth-order valence-corrected chi connectivity index (χ4v) is 3.69. The number of piperidine rings is 1. The first kappa shape index (κ1) is 19.0. The molecule has 24 heavy (non-hydrogen) atoms. The molecule has 2 heterocycles. The molecule has 1 amide bonds. The van der Waals surface area contributed by atoms with Crippen molar-refractivity contribution < 1.29 is 4.79 Å². The Morgan fingerprint density at radius 2 is 2.00 bits per heavy atom. The summed E-state index contributed by atoms with van der Waals surface area (Å²) < 4.78 is 0. The molecule has 1 fully saturated rings. The molecule has 1 aliphatic heterocycles. The number of hydrogen-bond donors (Lipinski definition) is 2. The molecule has 3 rings (SSSR count). The maximum atomic E-state index is 12.7. The third kappa shape index (κ3) is 4.19. The van der Waals surface area contributed by atoms with Gasteiger partial charge in [0.2, 0.25) is 0 Å². The van der Waals surface area contributed by atoms with Gasteiger partial charge in [-0.05, 0) is 69.2 Å². The van der Waals surface area contributed by atoms with Crippen molar-refractivity contribution in [3.63, 3.8) is 0 Å². The number of nitrogens with one attached hydrogen (secondary N) is 2. The summed E-state index contributed by atoms with van der Waals surface area (Å²) in [6.07, 6.45) is 6.19. The number of H-pyrrole nitrogens is 1. The average molecular weight is 354 g/mol. The van der Waals surface area contributed by atoms with Gasteiger partial charge >= 0.3 is 0 Å². The van der Waals surface area contributed by atoms with Gasteiger partial charge in [0, 0.05) is 18.8 Å². The van der Waals surface area contributed by atoms with Gasteiger partial charge in [0.1, 0.15) is 5.56 Å². The number of rotatable bonds is 4. The highest BCUT2D eigenvalue weighted by atomic mass is 35.5. The Kier molecular flexibility index (Phi) is 6.87. The second-order valence-electron chi connectivity index (χ2n) is 6.77. The molecule has 0 unspecified atom stereocenters. The number of aromatic nitrogens is 1. The number of halogens is 1. The molecule has 0 atom stereocenters. The first-order valence-corrected chi connectivity index (χ1v) is 8.94. The molecule has 1 saturated heterocycles. The molecule has 2 N–H and O–H groups in total. The Labute approximate surface area is 149 Å². The summed E-state index contributed by atoms with van der Waals surface area (Å²) in [5.41, 5.74) is 2.30. The Morgan fingerprint density at radius 1 is 1.29 bits per heavy atom. The Morgan fingerprint density at radius 3 is 2.71 bits per heavy atom. The number of nitrogens with zero attached hydrogens (tertiary/aromatic N) is 1. The minimum Gasteiger partial charge on any atom is -0.338 e. The fraction of sp³-hybridized carbons (Fsp3) is 0.667. The van der Waals surface area contributed by atoms with E-state index in [1.807, 2.05) is 11.0 Å². The summed E-state index contributed by atoms with van der Waals surface area (Å²) in [4.78, 5) is 29.8. The van der Waals surface area contributed by atoms with Gasteiger partial charge in [-0.2, -0.15) is 0 Å². The van der Waals surface area contributed by atoms with Crippen molar-refractivity contribution in [3.8, 4) is 0 Å². The number of aryl methyl sites for hydroxylation is 2. The molecule has 1 aromatic rings. The van der Waals surface area contributed by atoms with E-state index < -0.39 is 0 Å². The minimum absolute atomic E-state index is 0. The SMILES string of the molecule is CCNCC1CCN(C(=O)c2cc3c([nH]c2=O)CCCC3)CC1.Cl. The highest BCUT2D eigenvalue weighted by Crippen LogP contribution is 2.21. The number of amides is 1. The molecule has 0 aromatic carbocycles. The zero-order valence-electron chi connectivity index (χ0n) is 14.4. The Hall–Kier alpha value is -1.33. The second-order valence-corrected chi connectivity index (χ2v) is 6.77. The van der Waals surface area contributed by atoms with Crippen LogP contribution in [0.25, 0.3) is 0 Å². The zero-order chi connectivity index (χ0) is 16.2. The molecule has 1 aliphatic carbocycles. The molecular weight excluding hydrogens is 326 g/mol. The molecule has 0 saturated carbocycles. The third-order valence-corrected chi connectivity index (χ3v) is 5.15. The van der Waals surface area contributed by atoms with Crippen LogP contribution in [0.5, 0.6) is 0 Å². The monoisotopic (exact) mass is 353 g/mol. The highest BCUT2D eigenvalue weighted by Gasteiger charge is 2.26. The molecule has 2 aliphatic rings. The van der Waals surface area contributed by atoms with Crippen LogP contribution in [0.3, 0.4) is 0 Å². The van der Waals surface area contributed by atoms with E-state index in [1.165, 1.54) is 0 Å². The van der Waals surface area contributed by atoms with Crippen molar-refractivity contribution in [3.05, 3.63) is 33.2 Å². The van der Waals surface area contributed by atoms with Gasteiger partial charge in [-0.15, -0.1) is 12.4 Å². The van der Waals surface area contributed by atoms with Crippen LogP contribution in [0.1, 0.15) is 54.2 Å². The third-order valence-electron chi connectivity index (χ3n) is 5.15. The number of likely N-dealkylation sites (tertiary alicyclic amines) is 1. The molecule has 0 spiro atoms. The summed E-state index contributed by atoms with van der Waals surface area (Å²) in [5.74, 6) is 0.544. The molecule has 5 nitrogen and oxygen atoms in total. The smallest absolute Gasteiger partial charge is 0.261 e. The van der Waals surface area contributed by atoms with E-state index in [0.717, 1.165) is 76.0 Å². The van der Waals surface area contributed by atoms with Crippen LogP contribution in [0.4, 0.5) is 0 Å². The number of fused-ring (bicyclic) bond motifs is 1. The van der Waals surface area contributed by atoms with Crippen LogP contribution in [-0.4, -0.2) is 42.0 Å². The van der Waals surface area contributed by atoms with Crippen molar-refractivity contribution >= 4 is 18.3 Å². The van der Waals surface area contributed by atoms with Gasteiger partial charge < -0.3 is 15.2 Å². The maximum absolute atomic E-state index is 12.7. The maximum Gasteiger partial charge on any atom is 0.261 e. The summed E-state index contributed by atoms with van der Waals surface area (Å²) >= 11 is 0. The lowest BCUT2D eigenvalue weighted by molar-refractivity contribution is 0.0688. The predicted octanol–water partition coefficient (Wildman–Crippen LogP) is 2.14. The molecule has 0 bridgehead atoms. The van der Waals surface area contributed by atoms with Crippen molar-refractivity contribution in [2.75, 3.05) is 26.2 Å². The zero-order valence-corrected chi connectivity index (χ0v) is 15.2. The molecule has 0 radical (unpaired) electrons. The van der Waals surface area contributed by atoms with Gasteiger partial charge in [0.15, 0.2) is 0 Å². The first-order chi connectivity index (χ1) is 11.2. The fourth-order valence-electron chi connectivity index (χ4n) is 3.69. The van der Waals surface area contributed by atoms with Crippen LogP contribution in [0.2, 0.25) is 0 Å². The van der Waals surface area contributed by atoms with Crippen LogP contribution < -0.4 is 10.9 Å². The standard InChI is InChI=1S/C18H27N3O2.ClH/c1-2-19-12-13-7-9-21(10-8-13)18(23)15-11-14-5-3-4-6-16(14)20-17(15)22;/h11,13,19H,2-10,12H2,1H3,(H,20,22);1H. The Bertz CT molecular complexity index is 621. The Balaban J connectivity index is 0.00000208. The van der Waals surface area contributed by atoms with Gasteiger partial charge in [-0.1, -0.05) is 6.92 Å². The lowest BCUT2D eigenvalue weighted by Crippen LogP contribution is -2.42. The number of aromatic amines is 1. The van der Waals surface area contributed by atoms with Crippen molar-refractivity contribution in [2.24, 2.45) is 5.92 Å². The largest absolute Gasteiger partial charge is 0.338 e. The lowest BCUT2D eigenvalue weighted by Gasteiger charge is -2.32. The lowest BCUT2D eigenvalue weighted by atomic mass is 9.94. The van der Waals surface area contributed by atoms with E-state index in [2.05, 4.69) is 17.2 Å². The van der Waals surface area contributed by atoms with E-state index in [0.29, 0.717) is 11.5 Å². The molecule has 1 aromatic heterocycles. The molecular formula is C18H28ClN3O2. The average Bonchev–Trinajstić information content (AvgIpc) is 2.59. The number of pyridine rings is 1. The van der Waals surface area contributed by atoms with Crippen molar-refractivity contribution in [2.45, 2.75) is 45.4 Å². The van der Waals surface area contributed by atoms with Gasteiger partial charge in [0.25, 0.3) is 11.5 Å². The summed E-state index contributed by atoms with van der Waals surface area (Å²) in [6, 6.07) is 1.85. The van der Waals surface area contributed by atoms with Gasteiger partial charge in [-0.3, -0.25) is 9.59 Å². The number of hydrogen-bond acceptors (Lipinski definition) is 3. The summed E-state index contributed by atoms with van der Waals surface area (Å²) in [6.45, 7) is 5.64. The molecule has 134 valence electrons. The van der Waals surface area contributed by atoms with Gasteiger partial charge in [0.05, 0.1) is 0 Å². The molecule has 6 heteroatoms. The topological polar surface area (TPSA) is 65.2 Å². The van der Waals surface area contributed by atoms with E-state index in [9.17, 15) is 9.59 Å². The van der Waals surface area contributed by atoms with E-state index >= 15 is 0 Å². The summed E-state index contributed by atoms with van der Waals surface area (Å²) in [5, 5.41) is 3.38. The summed E-state index contributed by atoms with van der Waals surface area (Å²) in [7, 11) is 0. The van der Waals surface area contributed by atoms with Crippen LogP contribution in [0, 0.1) is 5.92 Å². The second kappa shape index (κ2) is 8.67.